The van der Waals surface area contributed by atoms with E-state index in [0.717, 1.165) is 5.56 Å². The maximum Gasteiger partial charge on any atom is 0.412 e. The average Bonchev–Trinajstić information content (AvgIpc) is 2.13. The molecule has 1 aromatic rings. The van der Waals surface area contributed by atoms with Gasteiger partial charge >= 0.3 is 6.09 Å². The zero-order valence-corrected chi connectivity index (χ0v) is 10.3. The summed E-state index contributed by atoms with van der Waals surface area (Å²) >= 11 is 0. The first-order chi connectivity index (χ1) is 7.80. The second-order valence-electron chi connectivity index (χ2n) is 4.72. The third-order valence-electron chi connectivity index (χ3n) is 1.86. The molecule has 17 heavy (non-hydrogen) atoms. The van der Waals surface area contributed by atoms with Gasteiger partial charge < -0.3 is 15.6 Å². The van der Waals surface area contributed by atoms with Crippen molar-refractivity contribution >= 4 is 11.8 Å². The van der Waals surface area contributed by atoms with Crippen molar-refractivity contribution < 1.29 is 14.6 Å². The van der Waals surface area contributed by atoms with Crippen LogP contribution in [0.25, 0.3) is 0 Å². The van der Waals surface area contributed by atoms with Crippen LogP contribution in [0.15, 0.2) is 18.2 Å². The van der Waals surface area contributed by atoms with Crippen molar-refractivity contribution in [2.45, 2.75) is 32.9 Å². The molecule has 0 aromatic heterocycles. The van der Waals surface area contributed by atoms with Crippen molar-refractivity contribution in [2.24, 2.45) is 5.73 Å². The number of anilines is 1. The van der Waals surface area contributed by atoms with E-state index >= 15 is 0 Å². The molecule has 0 saturated carbocycles. The Hall–Kier alpha value is -1.75. The summed E-state index contributed by atoms with van der Waals surface area (Å²) in [4.78, 5) is 11.5. The predicted molar refractivity (Wildman–Crippen MR) is 65.9 cm³/mol. The van der Waals surface area contributed by atoms with E-state index in [0.29, 0.717) is 5.69 Å². The van der Waals surface area contributed by atoms with Crippen LogP contribution in [0.1, 0.15) is 26.3 Å². The molecule has 1 aromatic carbocycles. The molecule has 0 saturated heterocycles. The Balaban J connectivity index is 2.74. The average molecular weight is 238 g/mol. The van der Waals surface area contributed by atoms with Crippen molar-refractivity contribution in [1.29, 1.82) is 0 Å². The number of carbonyl (C=O) groups excluding carboxylic acids is 1. The molecule has 5 nitrogen and oxygen atoms in total. The number of rotatable bonds is 2. The van der Waals surface area contributed by atoms with Gasteiger partial charge in [0.1, 0.15) is 11.4 Å². The predicted octanol–water partition coefficient (Wildman–Crippen LogP) is 2.20. The highest BCUT2D eigenvalue weighted by atomic mass is 16.6. The van der Waals surface area contributed by atoms with Gasteiger partial charge in [-0.2, -0.15) is 0 Å². The SMILES string of the molecule is CC(C)(C)OC(=O)Nc1cc(O)cc(CN)c1. The zero-order chi connectivity index (χ0) is 13.1. The number of ether oxygens (including phenoxy) is 1. The van der Waals surface area contributed by atoms with Gasteiger partial charge in [-0.3, -0.25) is 5.32 Å². The van der Waals surface area contributed by atoms with E-state index in [1.165, 1.54) is 6.07 Å². The number of phenols is 1. The minimum Gasteiger partial charge on any atom is -0.508 e. The van der Waals surface area contributed by atoms with Crippen LogP contribution in [0.4, 0.5) is 10.5 Å². The number of carbonyl (C=O) groups is 1. The van der Waals surface area contributed by atoms with Crippen molar-refractivity contribution in [3.8, 4) is 5.75 Å². The van der Waals surface area contributed by atoms with Gasteiger partial charge in [0.15, 0.2) is 0 Å². The Morgan fingerprint density at radius 3 is 2.59 bits per heavy atom. The van der Waals surface area contributed by atoms with Gasteiger partial charge in [0.2, 0.25) is 0 Å². The summed E-state index contributed by atoms with van der Waals surface area (Å²) in [5.41, 5.74) is 6.10. The molecular weight excluding hydrogens is 220 g/mol. The lowest BCUT2D eigenvalue weighted by atomic mass is 10.2. The van der Waals surface area contributed by atoms with E-state index in [1.807, 2.05) is 0 Å². The first-order valence-electron chi connectivity index (χ1n) is 5.33. The van der Waals surface area contributed by atoms with Gasteiger partial charge in [0.25, 0.3) is 0 Å². The number of amides is 1. The van der Waals surface area contributed by atoms with E-state index in [-0.39, 0.29) is 12.3 Å². The van der Waals surface area contributed by atoms with Crippen molar-refractivity contribution in [2.75, 3.05) is 5.32 Å². The lowest BCUT2D eigenvalue weighted by molar-refractivity contribution is 0.0636. The highest BCUT2D eigenvalue weighted by molar-refractivity contribution is 5.85. The highest BCUT2D eigenvalue weighted by Crippen LogP contribution is 2.20. The Labute approximate surface area is 101 Å². The monoisotopic (exact) mass is 238 g/mol. The van der Waals surface area contributed by atoms with E-state index in [4.69, 9.17) is 10.5 Å². The third kappa shape index (κ3) is 4.74. The first kappa shape index (κ1) is 13.3. The molecule has 0 aliphatic heterocycles. The third-order valence-corrected chi connectivity index (χ3v) is 1.86. The van der Waals surface area contributed by atoms with Crippen LogP contribution in [0.5, 0.6) is 5.75 Å². The number of phenolic OH excluding ortho intramolecular Hbond substituents is 1. The number of hydrogen-bond acceptors (Lipinski definition) is 4. The molecule has 0 radical (unpaired) electrons. The second kappa shape index (κ2) is 5.05. The quantitative estimate of drug-likeness (QED) is 0.737. The molecule has 0 unspecified atom stereocenters. The smallest absolute Gasteiger partial charge is 0.412 e. The summed E-state index contributed by atoms with van der Waals surface area (Å²) < 4.78 is 5.09. The topological polar surface area (TPSA) is 84.6 Å². The van der Waals surface area contributed by atoms with E-state index in [1.54, 1.807) is 32.9 Å². The van der Waals surface area contributed by atoms with E-state index < -0.39 is 11.7 Å². The van der Waals surface area contributed by atoms with Crippen LogP contribution in [-0.2, 0) is 11.3 Å². The molecule has 0 aliphatic rings. The van der Waals surface area contributed by atoms with E-state index in [9.17, 15) is 9.90 Å². The first-order valence-corrected chi connectivity index (χ1v) is 5.33. The maximum atomic E-state index is 11.5. The Morgan fingerprint density at radius 2 is 2.06 bits per heavy atom. The second-order valence-corrected chi connectivity index (χ2v) is 4.72. The molecule has 94 valence electrons. The minimum absolute atomic E-state index is 0.0546. The van der Waals surface area contributed by atoms with Gasteiger partial charge in [-0.25, -0.2) is 4.79 Å². The van der Waals surface area contributed by atoms with Gasteiger partial charge in [0, 0.05) is 18.3 Å². The summed E-state index contributed by atoms with van der Waals surface area (Å²) in [5, 5.41) is 12.0. The lowest BCUT2D eigenvalue weighted by Crippen LogP contribution is -2.27. The van der Waals surface area contributed by atoms with Crippen LogP contribution in [-0.4, -0.2) is 16.8 Å². The summed E-state index contributed by atoms with van der Waals surface area (Å²) in [6, 6.07) is 4.66. The van der Waals surface area contributed by atoms with Crippen LogP contribution < -0.4 is 11.1 Å². The number of benzene rings is 1. The Morgan fingerprint density at radius 1 is 1.41 bits per heavy atom. The lowest BCUT2D eigenvalue weighted by Gasteiger charge is -2.19. The van der Waals surface area contributed by atoms with Crippen molar-refractivity contribution in [3.63, 3.8) is 0 Å². The summed E-state index contributed by atoms with van der Waals surface area (Å²) in [7, 11) is 0. The summed E-state index contributed by atoms with van der Waals surface area (Å²) in [5.74, 6) is 0.0546. The fraction of sp³-hybridized carbons (Fsp3) is 0.417. The van der Waals surface area contributed by atoms with Crippen LogP contribution in [0, 0.1) is 0 Å². The largest absolute Gasteiger partial charge is 0.508 e. The van der Waals surface area contributed by atoms with Gasteiger partial charge in [-0.15, -0.1) is 0 Å². The molecule has 0 fully saturated rings. The number of aromatic hydroxyl groups is 1. The van der Waals surface area contributed by atoms with Gasteiger partial charge in [-0.05, 0) is 38.5 Å². The standard InChI is InChI=1S/C12H18N2O3/c1-12(2,3)17-11(16)14-9-4-8(7-13)5-10(15)6-9/h4-6,15H,7,13H2,1-3H3,(H,14,16). The molecule has 5 heteroatoms. The van der Waals surface area contributed by atoms with Gasteiger partial charge in [0.05, 0.1) is 0 Å². The fourth-order valence-electron chi connectivity index (χ4n) is 1.29. The van der Waals surface area contributed by atoms with Crippen molar-refractivity contribution in [1.82, 2.24) is 0 Å². The molecule has 0 bridgehead atoms. The maximum absolute atomic E-state index is 11.5. The van der Waals surface area contributed by atoms with Crippen molar-refractivity contribution in [3.05, 3.63) is 23.8 Å². The molecule has 0 atom stereocenters. The van der Waals surface area contributed by atoms with E-state index in [2.05, 4.69) is 5.32 Å². The Bertz CT molecular complexity index is 411. The molecular formula is C12H18N2O3. The normalized spacial score (nSPS) is 11.1. The molecule has 0 spiro atoms. The molecule has 0 heterocycles. The number of hydrogen-bond donors (Lipinski definition) is 3. The van der Waals surface area contributed by atoms with Gasteiger partial charge in [-0.1, -0.05) is 0 Å². The minimum atomic E-state index is -0.564. The van der Waals surface area contributed by atoms with Crippen LogP contribution in [0.3, 0.4) is 0 Å². The fourth-order valence-corrected chi connectivity index (χ4v) is 1.29. The molecule has 1 rings (SSSR count). The summed E-state index contributed by atoms with van der Waals surface area (Å²) in [6.45, 7) is 5.62. The zero-order valence-electron chi connectivity index (χ0n) is 10.3. The number of nitrogens with one attached hydrogen (secondary N) is 1. The molecule has 4 N–H and O–H groups in total. The van der Waals surface area contributed by atoms with Crippen LogP contribution >= 0.6 is 0 Å². The number of nitrogens with two attached hydrogens (primary N) is 1. The van der Waals surface area contributed by atoms with Crippen LogP contribution in [0.2, 0.25) is 0 Å². The Kier molecular flexibility index (Phi) is 3.96. The summed E-state index contributed by atoms with van der Waals surface area (Å²) in [6.07, 6.45) is -0.564. The molecule has 0 aliphatic carbocycles. The highest BCUT2D eigenvalue weighted by Gasteiger charge is 2.16. The molecule has 1 amide bonds.